The summed E-state index contributed by atoms with van der Waals surface area (Å²) in [6, 6.07) is 9.90. The van der Waals surface area contributed by atoms with Crippen molar-refractivity contribution < 1.29 is 9.90 Å². The van der Waals surface area contributed by atoms with Gasteiger partial charge in [0.1, 0.15) is 6.04 Å². The Balaban J connectivity index is 2.61. The molecule has 1 aromatic rings. The van der Waals surface area contributed by atoms with E-state index in [1.54, 1.807) is 0 Å². The highest BCUT2D eigenvalue weighted by Crippen LogP contribution is 2.19. The monoisotopic (exact) mass is 263 g/mol. The first-order chi connectivity index (χ1) is 9.06. The van der Waals surface area contributed by atoms with Gasteiger partial charge in [0.15, 0.2) is 0 Å². The molecule has 0 aromatic heterocycles. The van der Waals surface area contributed by atoms with E-state index in [-0.39, 0.29) is 6.04 Å². The van der Waals surface area contributed by atoms with Gasteiger partial charge in [-0.2, -0.15) is 0 Å². The third kappa shape index (κ3) is 5.03. The number of unbranched alkanes of at least 4 members (excludes halogenated alkanes) is 1. The highest BCUT2D eigenvalue weighted by molar-refractivity contribution is 5.73. The van der Waals surface area contributed by atoms with Crippen LogP contribution in [0, 0.1) is 0 Å². The lowest BCUT2D eigenvalue weighted by Crippen LogP contribution is -2.44. The maximum atomic E-state index is 11.2. The smallest absolute Gasteiger partial charge is 0.320 e. The van der Waals surface area contributed by atoms with E-state index in [2.05, 4.69) is 38.2 Å². The standard InChI is InChI=1S/C16H25NO2/c1-4-5-11-15(16(18)19)17-13(3)12(2)14-9-7-6-8-10-14/h6-10,12-13,15,17H,4-5,11H2,1-3H3,(H,18,19). The maximum Gasteiger partial charge on any atom is 0.320 e. The Hall–Kier alpha value is -1.35. The van der Waals surface area contributed by atoms with Crippen molar-refractivity contribution in [2.75, 3.05) is 0 Å². The van der Waals surface area contributed by atoms with Crippen LogP contribution in [0.2, 0.25) is 0 Å². The van der Waals surface area contributed by atoms with Gasteiger partial charge in [-0.3, -0.25) is 4.79 Å². The van der Waals surface area contributed by atoms with E-state index in [9.17, 15) is 9.90 Å². The quantitative estimate of drug-likeness (QED) is 0.755. The van der Waals surface area contributed by atoms with Crippen molar-refractivity contribution in [1.29, 1.82) is 0 Å². The molecule has 0 bridgehead atoms. The molecule has 0 aliphatic rings. The summed E-state index contributed by atoms with van der Waals surface area (Å²) >= 11 is 0. The molecule has 0 fully saturated rings. The van der Waals surface area contributed by atoms with Crippen LogP contribution in [0.5, 0.6) is 0 Å². The number of hydrogen-bond acceptors (Lipinski definition) is 2. The Morgan fingerprint density at radius 2 is 1.89 bits per heavy atom. The highest BCUT2D eigenvalue weighted by Gasteiger charge is 2.22. The Bertz CT molecular complexity index is 378. The fraction of sp³-hybridized carbons (Fsp3) is 0.562. The molecule has 0 spiro atoms. The fourth-order valence-electron chi connectivity index (χ4n) is 2.19. The molecule has 0 saturated heterocycles. The average Bonchev–Trinajstić information content (AvgIpc) is 2.43. The lowest BCUT2D eigenvalue weighted by atomic mass is 9.93. The number of hydrogen-bond donors (Lipinski definition) is 2. The Morgan fingerprint density at radius 3 is 2.42 bits per heavy atom. The van der Waals surface area contributed by atoms with Crippen LogP contribution in [-0.4, -0.2) is 23.2 Å². The molecular weight excluding hydrogens is 238 g/mol. The first kappa shape index (κ1) is 15.7. The molecule has 0 aliphatic carbocycles. The highest BCUT2D eigenvalue weighted by atomic mass is 16.4. The van der Waals surface area contributed by atoms with Gasteiger partial charge < -0.3 is 10.4 Å². The van der Waals surface area contributed by atoms with E-state index in [1.807, 2.05) is 18.2 Å². The molecule has 0 radical (unpaired) electrons. The van der Waals surface area contributed by atoms with Gasteiger partial charge in [-0.15, -0.1) is 0 Å². The number of carbonyl (C=O) groups is 1. The average molecular weight is 263 g/mol. The Kier molecular flexibility index (Phi) is 6.57. The maximum absolute atomic E-state index is 11.2. The van der Waals surface area contributed by atoms with E-state index in [4.69, 9.17) is 0 Å². The second-order valence-corrected chi connectivity index (χ2v) is 5.19. The molecule has 106 valence electrons. The number of nitrogens with one attached hydrogen (secondary N) is 1. The topological polar surface area (TPSA) is 49.3 Å². The van der Waals surface area contributed by atoms with E-state index in [1.165, 1.54) is 5.56 Å². The molecule has 0 heterocycles. The van der Waals surface area contributed by atoms with Crippen molar-refractivity contribution in [1.82, 2.24) is 5.32 Å². The van der Waals surface area contributed by atoms with Crippen LogP contribution in [0.1, 0.15) is 51.5 Å². The minimum Gasteiger partial charge on any atom is -0.480 e. The van der Waals surface area contributed by atoms with Gasteiger partial charge in [-0.05, 0) is 24.8 Å². The number of aliphatic carboxylic acids is 1. The van der Waals surface area contributed by atoms with Crippen LogP contribution in [0.3, 0.4) is 0 Å². The second-order valence-electron chi connectivity index (χ2n) is 5.19. The van der Waals surface area contributed by atoms with E-state index in [0.717, 1.165) is 12.8 Å². The van der Waals surface area contributed by atoms with Crippen LogP contribution < -0.4 is 5.32 Å². The summed E-state index contributed by atoms with van der Waals surface area (Å²) in [5.74, 6) is -0.453. The summed E-state index contributed by atoms with van der Waals surface area (Å²) in [7, 11) is 0. The first-order valence-electron chi connectivity index (χ1n) is 7.10. The van der Waals surface area contributed by atoms with E-state index >= 15 is 0 Å². The minimum absolute atomic E-state index is 0.139. The zero-order valence-corrected chi connectivity index (χ0v) is 12.1. The van der Waals surface area contributed by atoms with Crippen molar-refractivity contribution >= 4 is 5.97 Å². The van der Waals surface area contributed by atoms with Crippen LogP contribution in [0.4, 0.5) is 0 Å². The number of rotatable bonds is 8. The van der Waals surface area contributed by atoms with Gasteiger partial charge >= 0.3 is 5.97 Å². The van der Waals surface area contributed by atoms with Gasteiger partial charge in [-0.1, -0.05) is 57.0 Å². The van der Waals surface area contributed by atoms with Crippen LogP contribution >= 0.6 is 0 Å². The van der Waals surface area contributed by atoms with Crippen molar-refractivity contribution in [3.8, 4) is 0 Å². The van der Waals surface area contributed by atoms with E-state index < -0.39 is 12.0 Å². The molecule has 1 aromatic carbocycles. The SMILES string of the molecule is CCCCC(NC(C)C(C)c1ccccc1)C(=O)O. The summed E-state index contributed by atoms with van der Waals surface area (Å²) in [5.41, 5.74) is 1.24. The summed E-state index contributed by atoms with van der Waals surface area (Å²) in [6.07, 6.45) is 2.65. The molecule has 3 nitrogen and oxygen atoms in total. The predicted octanol–water partition coefficient (Wildman–Crippen LogP) is 3.41. The molecule has 1 rings (SSSR count). The Labute approximate surface area is 116 Å². The second kappa shape index (κ2) is 7.95. The first-order valence-corrected chi connectivity index (χ1v) is 7.10. The normalized spacial score (nSPS) is 15.7. The van der Waals surface area contributed by atoms with Crippen molar-refractivity contribution in [3.63, 3.8) is 0 Å². The van der Waals surface area contributed by atoms with Crippen molar-refractivity contribution in [3.05, 3.63) is 35.9 Å². The zero-order valence-electron chi connectivity index (χ0n) is 12.1. The fourth-order valence-corrected chi connectivity index (χ4v) is 2.19. The lowest BCUT2D eigenvalue weighted by molar-refractivity contribution is -0.139. The van der Waals surface area contributed by atoms with Gasteiger partial charge in [0.25, 0.3) is 0 Å². The summed E-state index contributed by atoms with van der Waals surface area (Å²) in [6.45, 7) is 6.26. The number of benzene rings is 1. The van der Waals surface area contributed by atoms with Crippen molar-refractivity contribution in [2.24, 2.45) is 0 Å². The van der Waals surface area contributed by atoms with Gasteiger partial charge in [0, 0.05) is 6.04 Å². The summed E-state index contributed by atoms with van der Waals surface area (Å²) in [4.78, 5) is 11.2. The lowest BCUT2D eigenvalue weighted by Gasteiger charge is -2.25. The Morgan fingerprint density at radius 1 is 1.26 bits per heavy atom. The van der Waals surface area contributed by atoms with Gasteiger partial charge in [0.2, 0.25) is 0 Å². The summed E-state index contributed by atoms with van der Waals surface area (Å²) in [5, 5.41) is 12.5. The molecule has 3 atom stereocenters. The zero-order chi connectivity index (χ0) is 14.3. The molecule has 3 unspecified atom stereocenters. The van der Waals surface area contributed by atoms with Crippen molar-refractivity contribution in [2.45, 2.75) is 58.0 Å². The molecule has 0 amide bonds. The molecule has 3 heteroatoms. The third-order valence-electron chi connectivity index (χ3n) is 3.68. The third-order valence-corrected chi connectivity index (χ3v) is 3.68. The molecular formula is C16H25NO2. The molecule has 19 heavy (non-hydrogen) atoms. The van der Waals surface area contributed by atoms with Crippen LogP contribution in [0.15, 0.2) is 30.3 Å². The largest absolute Gasteiger partial charge is 0.480 e. The van der Waals surface area contributed by atoms with Gasteiger partial charge in [-0.25, -0.2) is 0 Å². The molecule has 2 N–H and O–H groups in total. The van der Waals surface area contributed by atoms with Crippen LogP contribution in [-0.2, 0) is 4.79 Å². The minimum atomic E-state index is -0.749. The van der Waals surface area contributed by atoms with E-state index in [0.29, 0.717) is 12.3 Å². The van der Waals surface area contributed by atoms with Gasteiger partial charge in [0.05, 0.1) is 0 Å². The van der Waals surface area contributed by atoms with Crippen LogP contribution in [0.25, 0.3) is 0 Å². The number of carboxylic acid groups (broad SMARTS) is 1. The molecule has 0 saturated carbocycles. The molecule has 0 aliphatic heterocycles. The predicted molar refractivity (Wildman–Crippen MR) is 78.4 cm³/mol. The summed E-state index contributed by atoms with van der Waals surface area (Å²) < 4.78 is 0. The number of carboxylic acids is 1.